The van der Waals surface area contributed by atoms with Crippen molar-refractivity contribution in [3.63, 3.8) is 0 Å². The highest BCUT2D eigenvalue weighted by Gasteiger charge is 2.17. The van der Waals surface area contributed by atoms with Gasteiger partial charge in [0.25, 0.3) is 5.78 Å². The van der Waals surface area contributed by atoms with E-state index in [1.165, 1.54) is 6.08 Å². The molecule has 0 radical (unpaired) electrons. The molecule has 0 aliphatic rings. The normalized spacial score (nSPS) is 8.62. The molecule has 0 saturated carbocycles. The predicted molar refractivity (Wildman–Crippen MR) is 49.6 cm³/mol. The van der Waals surface area contributed by atoms with E-state index in [1.54, 1.807) is 30.3 Å². The van der Waals surface area contributed by atoms with Gasteiger partial charge in [0.2, 0.25) is 0 Å². The summed E-state index contributed by atoms with van der Waals surface area (Å²) in [4.78, 5) is 14.3. The smallest absolute Gasteiger partial charge is 0.361 e. The van der Waals surface area contributed by atoms with E-state index in [0.717, 1.165) is 0 Å². The molecular weight excluding hydrogens is 164 g/mol. The van der Waals surface area contributed by atoms with Crippen molar-refractivity contribution in [1.29, 1.82) is 0 Å². The second kappa shape index (κ2) is 4.14. The Morgan fingerprint density at radius 1 is 1.38 bits per heavy atom. The molecule has 0 N–H and O–H groups in total. The molecule has 0 saturated heterocycles. The maximum atomic E-state index is 11.4. The van der Waals surface area contributed by atoms with Gasteiger partial charge < -0.3 is 5.53 Å². The van der Waals surface area contributed by atoms with E-state index >= 15 is 0 Å². The van der Waals surface area contributed by atoms with Crippen molar-refractivity contribution < 1.29 is 9.58 Å². The molecule has 1 rings (SSSR count). The van der Waals surface area contributed by atoms with Crippen LogP contribution in [0.15, 0.2) is 43.0 Å². The molecule has 13 heavy (non-hydrogen) atoms. The molecule has 64 valence electrons. The van der Waals surface area contributed by atoms with E-state index in [1.807, 2.05) is 0 Å². The lowest BCUT2D eigenvalue weighted by molar-refractivity contribution is -0.00430. The van der Waals surface area contributed by atoms with Crippen LogP contribution in [0.5, 0.6) is 0 Å². The number of hydrogen-bond donors (Lipinski definition) is 0. The Kier molecular flexibility index (Phi) is 2.90. The lowest BCUT2D eigenvalue weighted by atomic mass is 10.1. The van der Waals surface area contributed by atoms with Gasteiger partial charge in [-0.3, -0.25) is 4.79 Å². The molecule has 0 bridgehead atoms. The topological polar surface area (TPSA) is 53.5 Å². The highest BCUT2D eigenvalue weighted by Crippen LogP contribution is 2.00. The van der Waals surface area contributed by atoms with Crippen LogP contribution < -0.4 is 0 Å². The summed E-state index contributed by atoms with van der Waals surface area (Å²) >= 11 is 0. The number of carbonyl (C=O) groups excluding carboxylic acids is 1. The summed E-state index contributed by atoms with van der Waals surface area (Å²) in [5.74, 6) is -0.335. The third-order valence-electron chi connectivity index (χ3n) is 1.57. The first kappa shape index (κ1) is 9.10. The van der Waals surface area contributed by atoms with Gasteiger partial charge in [0.15, 0.2) is 0 Å². The molecule has 0 aromatic heterocycles. The summed E-state index contributed by atoms with van der Waals surface area (Å²) in [6, 6.07) is 8.59. The van der Waals surface area contributed by atoms with Crippen LogP contribution in [-0.4, -0.2) is 16.3 Å². The molecule has 0 amide bonds. The number of hydrogen-bond acceptors (Lipinski definition) is 1. The van der Waals surface area contributed by atoms with E-state index < -0.39 is 0 Å². The largest absolute Gasteiger partial charge is 0.362 e. The first-order chi connectivity index (χ1) is 6.29. The predicted octanol–water partition coefficient (Wildman–Crippen LogP) is 1.73. The number of benzene rings is 1. The molecule has 0 aliphatic carbocycles. The zero-order valence-electron chi connectivity index (χ0n) is 6.97. The molecule has 1 aromatic carbocycles. The van der Waals surface area contributed by atoms with Crippen LogP contribution in [0.2, 0.25) is 0 Å². The Morgan fingerprint density at radius 2 is 2.00 bits per heavy atom. The van der Waals surface area contributed by atoms with Gasteiger partial charge in [0.1, 0.15) is 0 Å². The summed E-state index contributed by atoms with van der Waals surface area (Å²) in [5, 5.41) is 0. The van der Waals surface area contributed by atoms with Gasteiger partial charge >= 0.3 is 5.71 Å². The summed E-state index contributed by atoms with van der Waals surface area (Å²) in [5.41, 5.74) is 8.89. The number of ketones is 1. The van der Waals surface area contributed by atoms with Gasteiger partial charge in [-0.05, 0) is 0 Å². The summed E-state index contributed by atoms with van der Waals surface area (Å²) in [6.45, 7) is 3.37. The molecular formula is C10H8N2O. The highest BCUT2D eigenvalue weighted by atomic mass is 16.1. The fraction of sp³-hybridized carbons (Fsp3) is 0. The number of carbonyl (C=O) groups is 1. The average molecular weight is 172 g/mol. The maximum absolute atomic E-state index is 11.4. The number of allylic oxidation sites excluding steroid dienone is 1. The minimum atomic E-state index is -0.335. The van der Waals surface area contributed by atoms with Crippen LogP contribution in [0.25, 0.3) is 5.53 Å². The van der Waals surface area contributed by atoms with Crippen LogP contribution in [0.1, 0.15) is 10.4 Å². The Bertz CT molecular complexity index is 375. The quantitative estimate of drug-likeness (QED) is 0.296. The van der Waals surface area contributed by atoms with E-state index in [0.29, 0.717) is 5.56 Å². The Labute approximate surface area is 75.9 Å². The van der Waals surface area contributed by atoms with Gasteiger partial charge in [-0.1, -0.05) is 36.9 Å². The standard InChI is InChI=1S/C10H8N2O/c1-2-9(12-11)10(13)8-6-4-3-5-7-8/h2-7H,1H2. The van der Waals surface area contributed by atoms with E-state index in [-0.39, 0.29) is 11.5 Å². The van der Waals surface area contributed by atoms with Gasteiger partial charge in [0, 0.05) is 11.6 Å². The van der Waals surface area contributed by atoms with Crippen molar-refractivity contribution in [2.24, 2.45) is 0 Å². The lowest BCUT2D eigenvalue weighted by Crippen LogP contribution is -2.12. The summed E-state index contributed by atoms with van der Waals surface area (Å²) in [7, 11) is 0. The van der Waals surface area contributed by atoms with Crippen LogP contribution in [-0.2, 0) is 0 Å². The molecule has 0 unspecified atom stereocenters. The molecule has 0 heterocycles. The second-order valence-electron chi connectivity index (χ2n) is 2.38. The zero-order chi connectivity index (χ0) is 9.68. The summed E-state index contributed by atoms with van der Waals surface area (Å²) < 4.78 is 0. The zero-order valence-corrected chi connectivity index (χ0v) is 6.97. The number of Topliss-reactive ketones (excluding diaryl/α,β-unsaturated/α-hetero) is 1. The third-order valence-corrected chi connectivity index (χ3v) is 1.57. The fourth-order valence-corrected chi connectivity index (χ4v) is 0.916. The maximum Gasteiger partial charge on any atom is 0.362 e. The van der Waals surface area contributed by atoms with Crippen molar-refractivity contribution in [2.45, 2.75) is 0 Å². The Hall–Kier alpha value is -1.99. The number of rotatable bonds is 3. The van der Waals surface area contributed by atoms with Crippen molar-refractivity contribution in [3.8, 4) is 0 Å². The molecule has 0 fully saturated rings. The third kappa shape index (κ3) is 1.98. The second-order valence-corrected chi connectivity index (χ2v) is 2.38. The van der Waals surface area contributed by atoms with Gasteiger partial charge in [-0.2, -0.15) is 4.79 Å². The van der Waals surface area contributed by atoms with Crippen molar-refractivity contribution >= 4 is 11.5 Å². The van der Waals surface area contributed by atoms with Crippen LogP contribution in [0.4, 0.5) is 0 Å². The molecule has 3 nitrogen and oxygen atoms in total. The van der Waals surface area contributed by atoms with Gasteiger partial charge in [-0.25, -0.2) is 0 Å². The fourth-order valence-electron chi connectivity index (χ4n) is 0.916. The Balaban J connectivity index is 3.05. The van der Waals surface area contributed by atoms with Gasteiger partial charge in [0.05, 0.1) is 0 Å². The first-order valence-electron chi connectivity index (χ1n) is 3.74. The van der Waals surface area contributed by atoms with E-state index in [2.05, 4.69) is 11.4 Å². The van der Waals surface area contributed by atoms with Crippen LogP contribution >= 0.6 is 0 Å². The van der Waals surface area contributed by atoms with Crippen molar-refractivity contribution in [1.82, 2.24) is 0 Å². The van der Waals surface area contributed by atoms with E-state index in [4.69, 9.17) is 5.53 Å². The molecule has 0 aliphatic heterocycles. The van der Waals surface area contributed by atoms with Crippen LogP contribution in [0.3, 0.4) is 0 Å². The van der Waals surface area contributed by atoms with Crippen molar-refractivity contribution in [2.75, 3.05) is 0 Å². The van der Waals surface area contributed by atoms with E-state index in [9.17, 15) is 4.79 Å². The first-order valence-corrected chi connectivity index (χ1v) is 3.74. The summed E-state index contributed by atoms with van der Waals surface area (Å²) in [6.07, 6.45) is 1.22. The molecule has 0 spiro atoms. The SMILES string of the molecule is C=CC(=[N+]=[N-])C(=O)c1ccccc1. The average Bonchev–Trinajstić information content (AvgIpc) is 2.21. The minimum Gasteiger partial charge on any atom is -0.361 e. The Morgan fingerprint density at radius 3 is 2.46 bits per heavy atom. The minimum absolute atomic E-state index is 0.0498. The van der Waals surface area contributed by atoms with Crippen molar-refractivity contribution in [3.05, 3.63) is 54.1 Å². The monoisotopic (exact) mass is 172 g/mol. The van der Waals surface area contributed by atoms with Crippen LogP contribution in [0, 0.1) is 0 Å². The highest BCUT2D eigenvalue weighted by molar-refractivity contribution is 6.47. The number of nitrogens with zero attached hydrogens (tertiary/aromatic N) is 2. The van der Waals surface area contributed by atoms with Gasteiger partial charge in [-0.15, -0.1) is 0 Å². The molecule has 0 atom stereocenters. The molecule has 3 heteroatoms. The lowest BCUT2D eigenvalue weighted by Gasteiger charge is -1.91. The molecule has 1 aromatic rings.